The Kier molecular flexibility index (Phi) is 5.91. The van der Waals surface area contributed by atoms with Crippen LogP contribution in [0.2, 0.25) is 5.02 Å². The second kappa shape index (κ2) is 7.69. The molecule has 1 heterocycles. The van der Waals surface area contributed by atoms with Crippen LogP contribution in [0.3, 0.4) is 0 Å². The molecular weight excluding hydrogens is 306 g/mol. The van der Waals surface area contributed by atoms with Gasteiger partial charge in [0.05, 0.1) is 19.2 Å². The third kappa shape index (κ3) is 4.37. The molecule has 0 saturated heterocycles. The van der Waals surface area contributed by atoms with Gasteiger partial charge in [0.15, 0.2) is 11.5 Å². The standard InChI is InChI=1S/C16H20ClNO2S/c1-11(7-13-5-4-6-21-13)18-10-12-8-14(17)16(20-3)15(9-12)19-2/h4-6,8-9,11,18H,7,10H2,1-3H3. The van der Waals surface area contributed by atoms with Crippen molar-refractivity contribution in [2.45, 2.75) is 25.9 Å². The van der Waals surface area contributed by atoms with E-state index in [2.05, 4.69) is 29.8 Å². The zero-order valence-electron chi connectivity index (χ0n) is 12.5. The Labute approximate surface area is 134 Å². The first-order valence-corrected chi connectivity index (χ1v) is 8.06. The van der Waals surface area contributed by atoms with Crippen LogP contribution in [0.15, 0.2) is 29.6 Å². The number of hydrogen-bond acceptors (Lipinski definition) is 4. The van der Waals surface area contributed by atoms with Gasteiger partial charge in [0.25, 0.3) is 0 Å². The van der Waals surface area contributed by atoms with Crippen LogP contribution in [-0.4, -0.2) is 20.3 Å². The van der Waals surface area contributed by atoms with Crippen molar-refractivity contribution in [1.82, 2.24) is 5.32 Å². The van der Waals surface area contributed by atoms with Crippen LogP contribution < -0.4 is 14.8 Å². The predicted octanol–water partition coefficient (Wildman–Crippen LogP) is 4.14. The highest BCUT2D eigenvalue weighted by molar-refractivity contribution is 7.09. The van der Waals surface area contributed by atoms with Gasteiger partial charge < -0.3 is 14.8 Å². The van der Waals surface area contributed by atoms with Crippen LogP contribution in [0.5, 0.6) is 11.5 Å². The van der Waals surface area contributed by atoms with Crippen molar-refractivity contribution < 1.29 is 9.47 Å². The van der Waals surface area contributed by atoms with Gasteiger partial charge in [0.1, 0.15) is 0 Å². The Balaban J connectivity index is 1.98. The fourth-order valence-corrected chi connectivity index (χ4v) is 3.31. The molecule has 1 aromatic heterocycles. The minimum atomic E-state index is 0.399. The summed E-state index contributed by atoms with van der Waals surface area (Å²) in [5.41, 5.74) is 1.08. The van der Waals surface area contributed by atoms with E-state index >= 15 is 0 Å². The topological polar surface area (TPSA) is 30.5 Å². The van der Waals surface area contributed by atoms with Crippen molar-refractivity contribution in [2.75, 3.05) is 14.2 Å². The van der Waals surface area contributed by atoms with Crippen LogP contribution >= 0.6 is 22.9 Å². The van der Waals surface area contributed by atoms with E-state index in [1.54, 1.807) is 25.6 Å². The van der Waals surface area contributed by atoms with E-state index in [0.717, 1.165) is 18.5 Å². The summed E-state index contributed by atoms with van der Waals surface area (Å²) in [4.78, 5) is 1.39. The van der Waals surface area contributed by atoms with Crippen molar-refractivity contribution in [3.05, 3.63) is 45.1 Å². The van der Waals surface area contributed by atoms with Gasteiger partial charge in [-0.15, -0.1) is 11.3 Å². The van der Waals surface area contributed by atoms with Gasteiger partial charge in [-0.1, -0.05) is 17.7 Å². The predicted molar refractivity (Wildman–Crippen MR) is 88.9 cm³/mol. The van der Waals surface area contributed by atoms with E-state index < -0.39 is 0 Å². The maximum atomic E-state index is 6.21. The fraction of sp³-hybridized carbons (Fsp3) is 0.375. The van der Waals surface area contributed by atoms with Gasteiger partial charge in [-0.2, -0.15) is 0 Å². The highest BCUT2D eigenvalue weighted by Crippen LogP contribution is 2.35. The van der Waals surface area contributed by atoms with Crippen molar-refractivity contribution in [2.24, 2.45) is 0 Å². The molecule has 21 heavy (non-hydrogen) atoms. The van der Waals surface area contributed by atoms with Crippen LogP contribution in [0.25, 0.3) is 0 Å². The molecular formula is C16H20ClNO2S. The average molecular weight is 326 g/mol. The van der Waals surface area contributed by atoms with E-state index in [4.69, 9.17) is 21.1 Å². The molecule has 0 amide bonds. The molecule has 1 N–H and O–H groups in total. The molecule has 0 aliphatic carbocycles. The number of ether oxygens (including phenoxy) is 2. The summed E-state index contributed by atoms with van der Waals surface area (Å²) in [5.74, 6) is 1.24. The lowest BCUT2D eigenvalue weighted by Crippen LogP contribution is -2.27. The van der Waals surface area contributed by atoms with Crippen LogP contribution in [0.1, 0.15) is 17.4 Å². The minimum Gasteiger partial charge on any atom is -0.493 e. The smallest absolute Gasteiger partial charge is 0.179 e. The Bertz CT molecular complexity index is 572. The van der Waals surface area contributed by atoms with Crippen molar-refractivity contribution >= 4 is 22.9 Å². The van der Waals surface area contributed by atoms with Gasteiger partial charge in [0, 0.05) is 17.5 Å². The summed E-state index contributed by atoms with van der Waals surface area (Å²) in [6.45, 7) is 2.93. The number of thiophene rings is 1. The van der Waals surface area contributed by atoms with Gasteiger partial charge in [-0.3, -0.25) is 0 Å². The molecule has 1 aromatic carbocycles. The molecule has 0 aliphatic rings. The zero-order chi connectivity index (χ0) is 15.2. The second-order valence-corrected chi connectivity index (χ2v) is 6.32. The Morgan fingerprint density at radius 1 is 1.29 bits per heavy atom. The monoisotopic (exact) mass is 325 g/mol. The van der Waals surface area contributed by atoms with Crippen molar-refractivity contribution in [1.29, 1.82) is 0 Å². The molecule has 114 valence electrons. The van der Waals surface area contributed by atoms with Gasteiger partial charge >= 0.3 is 0 Å². The normalized spacial score (nSPS) is 12.2. The molecule has 3 nitrogen and oxygen atoms in total. The van der Waals surface area contributed by atoms with E-state index in [9.17, 15) is 0 Å². The summed E-state index contributed by atoms with van der Waals surface area (Å²) >= 11 is 8.00. The zero-order valence-corrected chi connectivity index (χ0v) is 14.1. The molecule has 0 bridgehead atoms. The van der Waals surface area contributed by atoms with E-state index in [1.807, 2.05) is 12.1 Å². The molecule has 2 aromatic rings. The molecule has 0 aliphatic heterocycles. The summed E-state index contributed by atoms with van der Waals surface area (Å²) < 4.78 is 10.6. The van der Waals surface area contributed by atoms with Gasteiger partial charge in [-0.25, -0.2) is 0 Å². The molecule has 0 fully saturated rings. The largest absolute Gasteiger partial charge is 0.493 e. The molecule has 2 rings (SSSR count). The first-order valence-electron chi connectivity index (χ1n) is 6.80. The minimum absolute atomic E-state index is 0.399. The van der Waals surface area contributed by atoms with Gasteiger partial charge in [0.2, 0.25) is 0 Å². The number of hydrogen-bond donors (Lipinski definition) is 1. The highest BCUT2D eigenvalue weighted by Gasteiger charge is 2.11. The molecule has 1 unspecified atom stereocenters. The molecule has 5 heteroatoms. The number of nitrogens with one attached hydrogen (secondary N) is 1. The molecule has 0 saturated carbocycles. The third-order valence-electron chi connectivity index (χ3n) is 3.24. The van der Waals surface area contributed by atoms with Crippen LogP contribution in [0.4, 0.5) is 0 Å². The lowest BCUT2D eigenvalue weighted by molar-refractivity contribution is 0.354. The lowest BCUT2D eigenvalue weighted by atomic mass is 10.1. The Morgan fingerprint density at radius 2 is 2.10 bits per heavy atom. The van der Waals surface area contributed by atoms with E-state index in [0.29, 0.717) is 22.6 Å². The SMILES string of the molecule is COc1cc(CNC(C)Cc2cccs2)cc(Cl)c1OC. The summed E-state index contributed by atoms with van der Waals surface area (Å²) in [5, 5.41) is 6.18. The summed E-state index contributed by atoms with van der Waals surface area (Å²) in [6, 6.07) is 8.51. The average Bonchev–Trinajstić information content (AvgIpc) is 2.97. The van der Waals surface area contributed by atoms with Crippen LogP contribution in [-0.2, 0) is 13.0 Å². The van der Waals surface area contributed by atoms with E-state index in [1.165, 1.54) is 4.88 Å². The maximum absolute atomic E-state index is 6.21. The second-order valence-electron chi connectivity index (χ2n) is 4.88. The van der Waals surface area contributed by atoms with Crippen molar-refractivity contribution in [3.8, 4) is 11.5 Å². The molecule has 1 atom stereocenters. The van der Waals surface area contributed by atoms with Crippen LogP contribution in [0, 0.1) is 0 Å². The highest BCUT2D eigenvalue weighted by atomic mass is 35.5. The van der Waals surface area contributed by atoms with Gasteiger partial charge in [-0.05, 0) is 42.5 Å². The van der Waals surface area contributed by atoms with Crippen molar-refractivity contribution in [3.63, 3.8) is 0 Å². The number of halogens is 1. The molecule has 0 spiro atoms. The lowest BCUT2D eigenvalue weighted by Gasteiger charge is -2.15. The summed E-state index contributed by atoms with van der Waals surface area (Å²) in [7, 11) is 3.20. The summed E-state index contributed by atoms with van der Waals surface area (Å²) in [6.07, 6.45) is 1.03. The maximum Gasteiger partial charge on any atom is 0.179 e. The third-order valence-corrected chi connectivity index (χ3v) is 4.41. The Morgan fingerprint density at radius 3 is 2.71 bits per heavy atom. The number of benzene rings is 1. The first-order chi connectivity index (χ1) is 10.1. The fourth-order valence-electron chi connectivity index (χ4n) is 2.17. The quantitative estimate of drug-likeness (QED) is 0.830. The Hall–Kier alpha value is -1.23. The molecule has 0 radical (unpaired) electrons. The van der Waals surface area contributed by atoms with E-state index in [-0.39, 0.29) is 0 Å². The number of methoxy groups -OCH3 is 2. The number of rotatable bonds is 7. The first kappa shape index (κ1) is 16.1.